The molecule has 0 aromatic carbocycles. The molecule has 0 radical (unpaired) electrons. The van der Waals surface area contributed by atoms with E-state index in [1.54, 1.807) is 6.92 Å². The summed E-state index contributed by atoms with van der Waals surface area (Å²) in [5.74, 6) is -2.10. The van der Waals surface area contributed by atoms with Crippen LogP contribution in [-0.2, 0) is 9.53 Å². The number of hydrogen-bond donors (Lipinski definition) is 1. The van der Waals surface area contributed by atoms with Crippen LogP contribution in [0.3, 0.4) is 0 Å². The van der Waals surface area contributed by atoms with Crippen LogP contribution in [0.1, 0.15) is 19.8 Å². The minimum absolute atomic E-state index is 0.334. The molecule has 3 nitrogen and oxygen atoms in total. The molecule has 1 saturated carbocycles. The molecule has 76 valence electrons. The molecule has 1 aliphatic rings. The first-order valence-corrected chi connectivity index (χ1v) is 4.47. The molecule has 4 unspecified atom stereocenters. The fraction of sp³-hybridized carbons (Fsp3) is 0.889. The molecule has 1 aliphatic carbocycles. The van der Waals surface area contributed by atoms with Gasteiger partial charge in [0.1, 0.15) is 6.17 Å². The Kier molecular flexibility index (Phi) is 3.25. The topological polar surface area (TPSA) is 46.5 Å². The number of carboxylic acids is 1. The van der Waals surface area contributed by atoms with E-state index in [1.807, 2.05) is 0 Å². The summed E-state index contributed by atoms with van der Waals surface area (Å²) in [5.41, 5.74) is 0. The number of carbonyl (C=O) groups is 1. The Bertz CT molecular complexity index is 193. The smallest absolute Gasteiger partial charge is 0.309 e. The predicted octanol–water partition coefficient (Wildman–Crippen LogP) is 1.47. The van der Waals surface area contributed by atoms with Crippen molar-refractivity contribution in [1.82, 2.24) is 0 Å². The van der Waals surface area contributed by atoms with Gasteiger partial charge in [0, 0.05) is 13.0 Å². The van der Waals surface area contributed by atoms with E-state index in [-0.39, 0.29) is 6.10 Å². The Morgan fingerprint density at radius 2 is 2.15 bits per heavy atom. The maximum atomic E-state index is 13.2. The predicted molar refractivity (Wildman–Crippen MR) is 45.2 cm³/mol. The van der Waals surface area contributed by atoms with Gasteiger partial charge in [0.25, 0.3) is 0 Å². The van der Waals surface area contributed by atoms with Crippen molar-refractivity contribution >= 4 is 5.97 Å². The van der Waals surface area contributed by atoms with Crippen LogP contribution in [0, 0.1) is 11.8 Å². The summed E-state index contributed by atoms with van der Waals surface area (Å²) in [6.07, 6.45) is -0.436. The van der Waals surface area contributed by atoms with Crippen molar-refractivity contribution in [3.8, 4) is 0 Å². The Hall–Kier alpha value is -0.640. The van der Waals surface area contributed by atoms with Crippen LogP contribution < -0.4 is 0 Å². The third kappa shape index (κ3) is 1.99. The first kappa shape index (κ1) is 10.4. The average Bonchev–Trinajstić information content (AvgIpc) is 2.08. The molecular weight excluding hydrogens is 175 g/mol. The van der Waals surface area contributed by atoms with Crippen molar-refractivity contribution in [3.05, 3.63) is 0 Å². The van der Waals surface area contributed by atoms with Gasteiger partial charge in [0.15, 0.2) is 0 Å². The average molecular weight is 190 g/mol. The van der Waals surface area contributed by atoms with Gasteiger partial charge in [-0.1, -0.05) is 6.92 Å². The molecule has 0 aromatic heterocycles. The molecule has 1 N–H and O–H groups in total. The Morgan fingerprint density at radius 1 is 1.54 bits per heavy atom. The molecule has 0 spiro atoms. The van der Waals surface area contributed by atoms with Gasteiger partial charge >= 0.3 is 5.97 Å². The third-order valence-corrected chi connectivity index (χ3v) is 2.85. The molecule has 13 heavy (non-hydrogen) atoms. The second-order valence-corrected chi connectivity index (χ2v) is 3.59. The summed E-state index contributed by atoms with van der Waals surface area (Å²) >= 11 is 0. The quantitative estimate of drug-likeness (QED) is 0.717. The normalized spacial score (nSPS) is 40.2. The zero-order valence-electron chi connectivity index (χ0n) is 7.87. The maximum Gasteiger partial charge on any atom is 0.309 e. The second-order valence-electron chi connectivity index (χ2n) is 3.59. The number of rotatable bonds is 2. The van der Waals surface area contributed by atoms with Crippen molar-refractivity contribution in [1.29, 1.82) is 0 Å². The molecule has 0 amide bonds. The first-order chi connectivity index (χ1) is 6.07. The lowest BCUT2D eigenvalue weighted by atomic mass is 9.77. The summed E-state index contributed by atoms with van der Waals surface area (Å²) in [6.45, 7) is 1.63. The first-order valence-electron chi connectivity index (χ1n) is 4.47. The fourth-order valence-corrected chi connectivity index (χ4v) is 1.98. The highest BCUT2D eigenvalue weighted by molar-refractivity contribution is 5.71. The number of carboxylic acid groups (broad SMARTS) is 1. The van der Waals surface area contributed by atoms with Gasteiger partial charge < -0.3 is 9.84 Å². The summed E-state index contributed by atoms with van der Waals surface area (Å²) in [7, 11) is 1.48. The van der Waals surface area contributed by atoms with Crippen molar-refractivity contribution in [2.75, 3.05) is 7.11 Å². The van der Waals surface area contributed by atoms with Crippen LogP contribution in [0.5, 0.6) is 0 Å². The molecule has 0 aliphatic heterocycles. The lowest BCUT2D eigenvalue weighted by Gasteiger charge is -2.34. The van der Waals surface area contributed by atoms with Crippen molar-refractivity contribution in [3.63, 3.8) is 0 Å². The van der Waals surface area contributed by atoms with E-state index in [0.717, 1.165) is 0 Å². The summed E-state index contributed by atoms with van der Waals surface area (Å²) in [6, 6.07) is 0. The second kappa shape index (κ2) is 4.05. The number of halogens is 1. The number of alkyl halides is 1. The lowest BCUT2D eigenvalue weighted by Crippen LogP contribution is -2.43. The summed E-state index contributed by atoms with van der Waals surface area (Å²) in [5, 5.41) is 8.88. The minimum atomic E-state index is -1.01. The summed E-state index contributed by atoms with van der Waals surface area (Å²) in [4.78, 5) is 10.8. The van der Waals surface area contributed by atoms with E-state index in [4.69, 9.17) is 9.84 Å². The van der Waals surface area contributed by atoms with E-state index < -0.39 is 24.0 Å². The van der Waals surface area contributed by atoms with Crippen LogP contribution >= 0.6 is 0 Å². The molecule has 0 saturated heterocycles. The molecule has 4 heteroatoms. The SMILES string of the molecule is COC1CCC(F)C(C)C1C(=O)O. The van der Waals surface area contributed by atoms with Crippen molar-refractivity contribution in [2.45, 2.75) is 32.0 Å². The monoisotopic (exact) mass is 190 g/mol. The Morgan fingerprint density at radius 3 is 2.62 bits per heavy atom. The van der Waals surface area contributed by atoms with Crippen molar-refractivity contribution in [2.24, 2.45) is 11.8 Å². The van der Waals surface area contributed by atoms with Crippen LogP contribution in [0.15, 0.2) is 0 Å². The molecule has 0 aromatic rings. The molecule has 1 fully saturated rings. The van der Waals surface area contributed by atoms with Crippen molar-refractivity contribution < 1.29 is 19.0 Å². The number of methoxy groups -OCH3 is 1. The van der Waals surface area contributed by atoms with Gasteiger partial charge in [-0.05, 0) is 12.8 Å². The fourth-order valence-electron chi connectivity index (χ4n) is 1.98. The van der Waals surface area contributed by atoms with Crippen LogP contribution in [0.25, 0.3) is 0 Å². The van der Waals surface area contributed by atoms with E-state index in [1.165, 1.54) is 7.11 Å². The molecule has 0 heterocycles. The Balaban J connectivity index is 2.74. The van der Waals surface area contributed by atoms with Gasteiger partial charge in [0.2, 0.25) is 0 Å². The van der Waals surface area contributed by atoms with Crippen LogP contribution in [-0.4, -0.2) is 30.5 Å². The van der Waals surface area contributed by atoms with Gasteiger partial charge in [-0.2, -0.15) is 0 Å². The van der Waals surface area contributed by atoms with Gasteiger partial charge in [-0.25, -0.2) is 4.39 Å². The largest absolute Gasteiger partial charge is 0.481 e. The Labute approximate surface area is 76.9 Å². The van der Waals surface area contributed by atoms with E-state index in [0.29, 0.717) is 12.8 Å². The maximum absolute atomic E-state index is 13.2. The number of aliphatic carboxylic acids is 1. The lowest BCUT2D eigenvalue weighted by molar-refractivity contribution is -0.154. The van der Waals surface area contributed by atoms with Gasteiger partial charge in [0.05, 0.1) is 12.0 Å². The van der Waals surface area contributed by atoms with Crippen LogP contribution in [0.2, 0.25) is 0 Å². The van der Waals surface area contributed by atoms with E-state index in [2.05, 4.69) is 0 Å². The van der Waals surface area contributed by atoms with E-state index >= 15 is 0 Å². The molecule has 1 rings (SSSR count). The standard InChI is InChI=1S/C9H15FO3/c1-5-6(10)3-4-7(13-2)8(5)9(11)12/h5-8H,3-4H2,1-2H3,(H,11,12). The van der Waals surface area contributed by atoms with E-state index in [9.17, 15) is 9.18 Å². The zero-order valence-corrected chi connectivity index (χ0v) is 7.87. The molecule has 4 atom stereocenters. The third-order valence-electron chi connectivity index (χ3n) is 2.85. The highest BCUT2D eigenvalue weighted by Gasteiger charge is 2.41. The minimum Gasteiger partial charge on any atom is -0.481 e. The number of ether oxygens (including phenoxy) is 1. The molecule has 0 bridgehead atoms. The van der Waals surface area contributed by atoms with Gasteiger partial charge in [-0.15, -0.1) is 0 Å². The van der Waals surface area contributed by atoms with Gasteiger partial charge in [-0.3, -0.25) is 4.79 Å². The van der Waals surface area contributed by atoms with Crippen LogP contribution in [0.4, 0.5) is 4.39 Å². The zero-order chi connectivity index (χ0) is 10.0. The highest BCUT2D eigenvalue weighted by Crippen LogP contribution is 2.33. The summed E-state index contributed by atoms with van der Waals surface area (Å²) < 4.78 is 18.2. The number of hydrogen-bond acceptors (Lipinski definition) is 2. The molecular formula is C9H15FO3. The highest BCUT2D eigenvalue weighted by atomic mass is 19.1.